The summed E-state index contributed by atoms with van der Waals surface area (Å²) in [4.78, 5) is 14.6. The number of nitrogens with one attached hydrogen (secondary N) is 1. The van der Waals surface area contributed by atoms with E-state index in [2.05, 4.69) is 10.2 Å². The number of aliphatic hydroxyl groups is 1. The average molecular weight is 334 g/mol. The lowest BCUT2D eigenvalue weighted by Gasteiger charge is -2.35. The minimum Gasteiger partial charge on any atom is -0.392 e. The molecule has 0 aromatic heterocycles. The molecule has 1 heterocycles. The van der Waals surface area contributed by atoms with Crippen LogP contribution >= 0.6 is 0 Å². The first kappa shape index (κ1) is 17.4. The van der Waals surface area contributed by atoms with Crippen molar-refractivity contribution in [1.29, 1.82) is 0 Å². The van der Waals surface area contributed by atoms with Gasteiger partial charge in [0.05, 0.1) is 12.0 Å². The van der Waals surface area contributed by atoms with Gasteiger partial charge in [-0.2, -0.15) is 0 Å². The minimum absolute atomic E-state index is 0.114. The number of carbonyl (C=O) groups excluding carboxylic acids is 1. The average Bonchev–Trinajstić information content (AvgIpc) is 3.05. The second kappa shape index (κ2) is 7.19. The summed E-state index contributed by atoms with van der Waals surface area (Å²) in [6.45, 7) is 1.82. The summed E-state index contributed by atoms with van der Waals surface area (Å²) < 4.78 is 14.3. The molecule has 1 amide bonds. The van der Waals surface area contributed by atoms with Gasteiger partial charge in [-0.05, 0) is 37.9 Å². The molecule has 0 unspecified atom stereocenters. The maximum Gasteiger partial charge on any atom is 0.227 e. The van der Waals surface area contributed by atoms with Gasteiger partial charge < -0.3 is 15.3 Å². The smallest absolute Gasteiger partial charge is 0.227 e. The van der Waals surface area contributed by atoms with E-state index < -0.39 is 12.0 Å². The fraction of sp³-hybridized carbons (Fsp3) is 0.632. The Bertz CT molecular complexity index is 586. The second-order valence-electron chi connectivity index (χ2n) is 7.41. The molecule has 1 aromatic rings. The summed E-state index contributed by atoms with van der Waals surface area (Å²) in [5.41, 5.74) is 0.399. The Morgan fingerprint density at radius 1 is 1.38 bits per heavy atom. The first-order chi connectivity index (χ1) is 11.5. The van der Waals surface area contributed by atoms with Crippen LogP contribution in [-0.4, -0.2) is 48.7 Å². The van der Waals surface area contributed by atoms with Crippen LogP contribution in [0.3, 0.4) is 0 Å². The molecule has 4 nitrogen and oxygen atoms in total. The number of halogens is 1. The molecule has 24 heavy (non-hydrogen) atoms. The lowest BCUT2D eigenvalue weighted by atomic mass is 9.78. The number of hydrogen-bond acceptors (Lipinski definition) is 3. The number of amides is 1. The topological polar surface area (TPSA) is 52.6 Å². The van der Waals surface area contributed by atoms with E-state index in [4.69, 9.17) is 0 Å². The summed E-state index contributed by atoms with van der Waals surface area (Å²) >= 11 is 0. The molecule has 132 valence electrons. The van der Waals surface area contributed by atoms with Crippen molar-refractivity contribution in [2.24, 2.45) is 5.92 Å². The van der Waals surface area contributed by atoms with Crippen LogP contribution in [0.5, 0.6) is 0 Å². The highest BCUT2D eigenvalue weighted by atomic mass is 19.1. The molecule has 0 radical (unpaired) electrons. The maximum atomic E-state index is 14.3. The van der Waals surface area contributed by atoms with E-state index in [1.807, 2.05) is 19.2 Å². The maximum absolute atomic E-state index is 14.3. The van der Waals surface area contributed by atoms with Crippen LogP contribution in [0.4, 0.5) is 4.39 Å². The summed E-state index contributed by atoms with van der Waals surface area (Å²) in [5.74, 6) is -0.703. The van der Waals surface area contributed by atoms with E-state index in [1.54, 1.807) is 6.07 Å². The van der Waals surface area contributed by atoms with E-state index in [-0.39, 0.29) is 17.1 Å². The summed E-state index contributed by atoms with van der Waals surface area (Å²) in [5, 5.41) is 13.1. The Morgan fingerprint density at radius 3 is 2.79 bits per heavy atom. The fourth-order valence-electron chi connectivity index (χ4n) is 4.23. The third kappa shape index (κ3) is 3.47. The van der Waals surface area contributed by atoms with E-state index in [0.717, 1.165) is 32.2 Å². The highest BCUT2D eigenvalue weighted by molar-refractivity contribution is 5.79. The predicted octanol–water partition coefficient (Wildman–Crippen LogP) is 2.07. The standard InChI is InChI=1S/C19H27FN2O2/c1-22-11-8-17(23)14(12-22)18(24)21-13-19(9-4-5-10-19)15-6-2-3-7-16(15)20/h2-3,6-7,14,17,23H,4-5,8-13H2,1H3,(H,21,24)/t14-,17+/m1/s1. The summed E-state index contributed by atoms with van der Waals surface area (Å²) in [6.07, 6.45) is 3.92. The first-order valence-corrected chi connectivity index (χ1v) is 8.91. The molecule has 2 fully saturated rings. The van der Waals surface area contributed by atoms with Gasteiger partial charge in [0.15, 0.2) is 0 Å². The molecule has 1 saturated heterocycles. The number of carbonyl (C=O) groups is 1. The molecule has 1 saturated carbocycles. The normalized spacial score (nSPS) is 27.1. The van der Waals surface area contributed by atoms with Gasteiger partial charge in [-0.3, -0.25) is 4.79 Å². The molecule has 3 rings (SSSR count). The molecular weight excluding hydrogens is 307 g/mol. The van der Waals surface area contributed by atoms with Gasteiger partial charge >= 0.3 is 0 Å². The Kier molecular flexibility index (Phi) is 5.21. The van der Waals surface area contributed by atoms with Crippen molar-refractivity contribution < 1.29 is 14.3 Å². The minimum atomic E-state index is -0.589. The lowest BCUT2D eigenvalue weighted by Crippen LogP contribution is -2.50. The van der Waals surface area contributed by atoms with Gasteiger partial charge in [-0.25, -0.2) is 4.39 Å². The monoisotopic (exact) mass is 334 g/mol. The number of rotatable bonds is 4. The van der Waals surface area contributed by atoms with E-state index in [9.17, 15) is 14.3 Å². The summed E-state index contributed by atoms with van der Waals surface area (Å²) in [7, 11) is 1.96. The molecule has 2 N–H and O–H groups in total. The number of likely N-dealkylation sites (tertiary alicyclic amines) is 1. The number of piperidine rings is 1. The Morgan fingerprint density at radius 2 is 2.08 bits per heavy atom. The summed E-state index contributed by atoms with van der Waals surface area (Å²) in [6, 6.07) is 6.90. The first-order valence-electron chi connectivity index (χ1n) is 8.91. The molecule has 0 spiro atoms. The SMILES string of the molecule is CN1CC[C@H](O)[C@H](C(=O)NCC2(c3ccccc3F)CCCC2)C1. The van der Waals surface area contributed by atoms with Crippen molar-refractivity contribution in [2.45, 2.75) is 43.6 Å². The molecule has 1 aromatic carbocycles. The lowest BCUT2D eigenvalue weighted by molar-refractivity contribution is -0.131. The van der Waals surface area contributed by atoms with Gasteiger partial charge in [-0.1, -0.05) is 31.0 Å². The van der Waals surface area contributed by atoms with E-state index in [0.29, 0.717) is 25.1 Å². The van der Waals surface area contributed by atoms with Gasteiger partial charge in [-0.15, -0.1) is 0 Å². The highest BCUT2D eigenvalue weighted by Crippen LogP contribution is 2.41. The van der Waals surface area contributed by atoms with Gasteiger partial charge in [0, 0.05) is 25.0 Å². The van der Waals surface area contributed by atoms with Crippen molar-refractivity contribution in [1.82, 2.24) is 10.2 Å². The van der Waals surface area contributed by atoms with Gasteiger partial charge in [0.1, 0.15) is 5.82 Å². The van der Waals surface area contributed by atoms with E-state index >= 15 is 0 Å². The molecular formula is C19H27FN2O2. The predicted molar refractivity (Wildman–Crippen MR) is 91.2 cm³/mol. The van der Waals surface area contributed by atoms with Crippen LogP contribution in [0.15, 0.2) is 24.3 Å². The van der Waals surface area contributed by atoms with Crippen molar-refractivity contribution in [3.8, 4) is 0 Å². The van der Waals surface area contributed by atoms with Crippen molar-refractivity contribution in [3.63, 3.8) is 0 Å². The van der Waals surface area contributed by atoms with Crippen LogP contribution in [0.25, 0.3) is 0 Å². The van der Waals surface area contributed by atoms with Crippen LogP contribution in [0, 0.1) is 11.7 Å². The van der Waals surface area contributed by atoms with E-state index in [1.165, 1.54) is 6.07 Å². The quantitative estimate of drug-likeness (QED) is 0.886. The number of benzene rings is 1. The zero-order chi connectivity index (χ0) is 17.2. The fourth-order valence-corrected chi connectivity index (χ4v) is 4.23. The van der Waals surface area contributed by atoms with Crippen LogP contribution in [0.2, 0.25) is 0 Å². The molecule has 1 aliphatic carbocycles. The van der Waals surface area contributed by atoms with Crippen molar-refractivity contribution in [3.05, 3.63) is 35.6 Å². The Hall–Kier alpha value is -1.46. The largest absolute Gasteiger partial charge is 0.392 e. The Labute approximate surface area is 143 Å². The molecule has 5 heteroatoms. The van der Waals surface area contributed by atoms with Gasteiger partial charge in [0.2, 0.25) is 5.91 Å². The Balaban J connectivity index is 1.71. The zero-order valence-corrected chi connectivity index (χ0v) is 14.3. The molecule has 2 atom stereocenters. The molecule has 2 aliphatic rings. The van der Waals surface area contributed by atoms with Crippen LogP contribution < -0.4 is 5.32 Å². The van der Waals surface area contributed by atoms with Crippen molar-refractivity contribution >= 4 is 5.91 Å². The molecule has 0 bridgehead atoms. The molecule has 1 aliphatic heterocycles. The van der Waals surface area contributed by atoms with Gasteiger partial charge in [0.25, 0.3) is 0 Å². The second-order valence-corrected chi connectivity index (χ2v) is 7.41. The highest BCUT2D eigenvalue weighted by Gasteiger charge is 2.39. The number of hydrogen-bond donors (Lipinski definition) is 2. The van der Waals surface area contributed by atoms with Crippen molar-refractivity contribution in [2.75, 3.05) is 26.7 Å². The van der Waals surface area contributed by atoms with Crippen LogP contribution in [-0.2, 0) is 10.2 Å². The third-order valence-electron chi connectivity index (χ3n) is 5.72. The third-order valence-corrected chi connectivity index (χ3v) is 5.72. The number of aliphatic hydroxyl groups excluding tert-OH is 1. The zero-order valence-electron chi connectivity index (χ0n) is 14.3. The number of nitrogens with zero attached hydrogens (tertiary/aromatic N) is 1. The van der Waals surface area contributed by atoms with Crippen LogP contribution in [0.1, 0.15) is 37.7 Å².